The first-order valence-electron chi connectivity index (χ1n) is 7.89. The Bertz CT molecular complexity index is 644. The van der Waals surface area contributed by atoms with Crippen LogP contribution in [-0.4, -0.2) is 0 Å². The van der Waals surface area contributed by atoms with E-state index in [1.807, 2.05) is 0 Å². The lowest BCUT2D eigenvalue weighted by Gasteiger charge is -2.14. The lowest BCUT2D eigenvalue weighted by molar-refractivity contribution is 0.734. The normalized spacial score (nSPS) is 17.6. The molecule has 0 amide bonds. The van der Waals surface area contributed by atoms with Gasteiger partial charge in [0.2, 0.25) is 0 Å². The van der Waals surface area contributed by atoms with Crippen molar-refractivity contribution < 1.29 is 0 Å². The van der Waals surface area contributed by atoms with Crippen LogP contribution in [0.1, 0.15) is 24.5 Å². The average molecular weight is 307 g/mol. The summed E-state index contributed by atoms with van der Waals surface area (Å²) >= 11 is 0. The van der Waals surface area contributed by atoms with Gasteiger partial charge in [0.05, 0.1) is 10.9 Å². The molecule has 2 aromatic carbocycles. The predicted octanol–water partition coefficient (Wildman–Crippen LogP) is 5.82. The molecule has 1 atom stereocenters. The van der Waals surface area contributed by atoms with Gasteiger partial charge in [-0.1, -0.05) is 48.4 Å². The summed E-state index contributed by atoms with van der Waals surface area (Å²) in [5.74, 6) is 0.630. The molecule has 112 valence electrons. The number of allylic oxidation sites excluding steroid dienone is 3. The quantitative estimate of drug-likeness (QED) is 0.627. The van der Waals surface area contributed by atoms with E-state index in [-0.39, 0.29) is 10.9 Å². The first-order valence-corrected chi connectivity index (χ1v) is 9.12. The minimum absolute atomic E-state index is 0.000617. The topological polar surface area (TPSA) is 0 Å². The van der Waals surface area contributed by atoms with E-state index in [2.05, 4.69) is 87.5 Å². The zero-order chi connectivity index (χ0) is 15.5. The van der Waals surface area contributed by atoms with Crippen LogP contribution in [-0.2, 0) is 10.9 Å². The first kappa shape index (κ1) is 15.2. The highest BCUT2D eigenvalue weighted by Gasteiger charge is 2.30. The van der Waals surface area contributed by atoms with E-state index in [1.54, 1.807) is 0 Å². The summed E-state index contributed by atoms with van der Waals surface area (Å²) in [4.78, 5) is 4.25. The maximum Gasteiger partial charge on any atom is 0.166 e. The molecular formula is C21H23S+. The Morgan fingerprint density at radius 2 is 1.32 bits per heavy atom. The highest BCUT2D eigenvalue weighted by Crippen LogP contribution is 2.34. The molecule has 22 heavy (non-hydrogen) atoms. The molecule has 0 fully saturated rings. The fourth-order valence-corrected chi connectivity index (χ4v) is 4.93. The van der Waals surface area contributed by atoms with Gasteiger partial charge in [-0.3, -0.25) is 0 Å². The minimum atomic E-state index is -0.000617. The van der Waals surface area contributed by atoms with E-state index in [1.165, 1.54) is 25.8 Å². The second-order valence-corrected chi connectivity index (χ2v) is 8.14. The molecule has 0 heterocycles. The highest BCUT2D eigenvalue weighted by atomic mass is 32.2. The van der Waals surface area contributed by atoms with Crippen molar-refractivity contribution in [3.63, 3.8) is 0 Å². The molecule has 0 saturated carbocycles. The smallest absolute Gasteiger partial charge is 0.0790 e. The molecule has 0 spiro atoms. The van der Waals surface area contributed by atoms with Crippen molar-refractivity contribution in [2.24, 2.45) is 5.92 Å². The van der Waals surface area contributed by atoms with Crippen molar-refractivity contribution in [1.29, 1.82) is 0 Å². The van der Waals surface area contributed by atoms with Gasteiger partial charge in [0.1, 0.15) is 0 Å². The van der Waals surface area contributed by atoms with Crippen molar-refractivity contribution >= 4 is 10.9 Å². The number of rotatable bonds is 3. The van der Waals surface area contributed by atoms with Crippen LogP contribution in [0, 0.1) is 19.8 Å². The molecule has 3 rings (SSSR count). The molecule has 2 aromatic rings. The van der Waals surface area contributed by atoms with Gasteiger partial charge in [-0.05, 0) is 62.6 Å². The van der Waals surface area contributed by atoms with Crippen molar-refractivity contribution in [3.05, 3.63) is 82.8 Å². The van der Waals surface area contributed by atoms with Gasteiger partial charge in [-0.15, -0.1) is 0 Å². The van der Waals surface area contributed by atoms with Gasteiger partial charge in [0.15, 0.2) is 14.7 Å². The first-order chi connectivity index (χ1) is 10.6. The Morgan fingerprint density at radius 3 is 1.77 bits per heavy atom. The van der Waals surface area contributed by atoms with Crippen molar-refractivity contribution in [1.82, 2.24) is 0 Å². The third-order valence-corrected chi connectivity index (χ3v) is 6.22. The summed E-state index contributed by atoms with van der Waals surface area (Å²) in [6.07, 6.45) is 8.25. The van der Waals surface area contributed by atoms with E-state index in [4.69, 9.17) is 0 Å². The monoisotopic (exact) mass is 307 g/mol. The Morgan fingerprint density at radius 1 is 0.818 bits per heavy atom. The second kappa shape index (κ2) is 6.58. The second-order valence-electron chi connectivity index (χ2n) is 6.12. The lowest BCUT2D eigenvalue weighted by atomic mass is 10.0. The number of aryl methyl sites for hydroxylation is 2. The number of hydrogen-bond acceptors (Lipinski definition) is 0. The molecule has 1 aliphatic carbocycles. The largest absolute Gasteiger partial charge is 0.166 e. The molecule has 0 aliphatic heterocycles. The van der Waals surface area contributed by atoms with Crippen LogP contribution in [0.15, 0.2) is 81.5 Å². The highest BCUT2D eigenvalue weighted by molar-refractivity contribution is 8.00. The van der Waals surface area contributed by atoms with E-state index in [9.17, 15) is 0 Å². The molecule has 0 N–H and O–H groups in total. The Balaban J connectivity index is 2.07. The van der Waals surface area contributed by atoms with Crippen molar-refractivity contribution in [2.45, 2.75) is 37.0 Å². The number of hydrogen-bond donors (Lipinski definition) is 0. The summed E-state index contributed by atoms with van der Waals surface area (Å²) in [7, 11) is -0.000617. The lowest BCUT2D eigenvalue weighted by Crippen LogP contribution is -2.09. The third kappa shape index (κ3) is 3.36. The molecule has 1 aliphatic rings. The maximum absolute atomic E-state index is 2.45. The predicted molar refractivity (Wildman–Crippen MR) is 97.3 cm³/mol. The summed E-state index contributed by atoms with van der Waals surface area (Å²) in [5.41, 5.74) is 2.63. The van der Waals surface area contributed by atoms with Crippen molar-refractivity contribution in [3.8, 4) is 0 Å². The summed E-state index contributed by atoms with van der Waals surface area (Å²) < 4.78 is 0. The van der Waals surface area contributed by atoms with Crippen LogP contribution >= 0.6 is 0 Å². The molecule has 0 radical (unpaired) electrons. The van der Waals surface area contributed by atoms with Crippen LogP contribution in [0.2, 0.25) is 0 Å². The zero-order valence-electron chi connectivity index (χ0n) is 13.5. The molecule has 0 nitrogen and oxygen atoms in total. The summed E-state index contributed by atoms with van der Waals surface area (Å²) in [6.45, 7) is 6.60. The molecule has 0 saturated heterocycles. The Hall–Kier alpha value is -1.73. The SMILES string of the molecule is Cc1ccc([S+](C2=CC(C)CC=C2)c2ccc(C)cc2)cc1. The Labute approximate surface area is 136 Å². The minimum Gasteiger partial charge on any atom is -0.0790 e. The molecular weight excluding hydrogens is 284 g/mol. The average Bonchev–Trinajstić information content (AvgIpc) is 2.51. The zero-order valence-corrected chi connectivity index (χ0v) is 14.4. The standard InChI is InChI=1S/C21H23S/c1-16-7-11-19(12-8-16)22(20-13-9-17(2)10-14-20)21-6-4-5-18(3)15-21/h4,6-15,18H,5H2,1-3H3/q+1. The molecule has 1 heteroatoms. The van der Waals surface area contributed by atoms with Crippen LogP contribution < -0.4 is 0 Å². The van der Waals surface area contributed by atoms with Gasteiger partial charge in [-0.2, -0.15) is 0 Å². The fraction of sp³-hybridized carbons (Fsp3) is 0.238. The summed E-state index contributed by atoms with van der Waals surface area (Å²) in [5, 5.41) is 0. The third-order valence-electron chi connectivity index (χ3n) is 3.99. The van der Waals surface area contributed by atoms with Gasteiger partial charge < -0.3 is 0 Å². The van der Waals surface area contributed by atoms with Crippen LogP contribution in [0.5, 0.6) is 0 Å². The number of benzene rings is 2. The van der Waals surface area contributed by atoms with Crippen molar-refractivity contribution in [2.75, 3.05) is 0 Å². The van der Waals surface area contributed by atoms with Crippen LogP contribution in [0.25, 0.3) is 0 Å². The van der Waals surface area contributed by atoms with E-state index < -0.39 is 0 Å². The molecule has 1 unspecified atom stereocenters. The van der Waals surface area contributed by atoms with Gasteiger partial charge in [0, 0.05) is 0 Å². The van der Waals surface area contributed by atoms with Gasteiger partial charge in [0.25, 0.3) is 0 Å². The molecule has 0 bridgehead atoms. The summed E-state index contributed by atoms with van der Waals surface area (Å²) in [6, 6.07) is 18.0. The molecule has 0 aromatic heterocycles. The van der Waals surface area contributed by atoms with E-state index in [0.29, 0.717) is 5.92 Å². The van der Waals surface area contributed by atoms with Crippen LogP contribution in [0.3, 0.4) is 0 Å². The van der Waals surface area contributed by atoms with Crippen LogP contribution in [0.4, 0.5) is 0 Å². The van der Waals surface area contributed by atoms with E-state index >= 15 is 0 Å². The Kier molecular flexibility index (Phi) is 4.54. The maximum atomic E-state index is 2.45. The van der Waals surface area contributed by atoms with Gasteiger partial charge in [-0.25, -0.2) is 0 Å². The van der Waals surface area contributed by atoms with E-state index in [0.717, 1.165) is 6.42 Å². The fourth-order valence-electron chi connectivity index (χ4n) is 2.70. The van der Waals surface area contributed by atoms with Gasteiger partial charge >= 0.3 is 0 Å².